The van der Waals surface area contributed by atoms with Crippen molar-refractivity contribution in [2.24, 2.45) is 5.10 Å². The maximum atomic E-state index is 9.91. The fourth-order valence-corrected chi connectivity index (χ4v) is 2.69. The molecule has 0 unspecified atom stereocenters. The van der Waals surface area contributed by atoms with Gasteiger partial charge in [-0.05, 0) is 0 Å². The largest absolute Gasteiger partial charge is 0.394 e. The summed E-state index contributed by atoms with van der Waals surface area (Å²) in [6.45, 7) is -0.609. The second-order valence-electron chi connectivity index (χ2n) is 4.18. The number of hydrazone groups is 1. The molecule has 5 N–H and O–H groups in total. The summed E-state index contributed by atoms with van der Waals surface area (Å²) in [6.07, 6.45) is -4.05. The first kappa shape index (κ1) is 14.3. The van der Waals surface area contributed by atoms with E-state index in [9.17, 15) is 15.3 Å². The van der Waals surface area contributed by atoms with Gasteiger partial charge in [-0.1, -0.05) is 42.1 Å². The minimum absolute atomic E-state index is 0.564. The van der Waals surface area contributed by atoms with E-state index >= 15 is 0 Å². The molecular weight excluding hydrogens is 268 g/mol. The van der Waals surface area contributed by atoms with Gasteiger partial charge in [0.2, 0.25) is 0 Å². The van der Waals surface area contributed by atoms with Crippen LogP contribution in [0.25, 0.3) is 0 Å². The van der Waals surface area contributed by atoms with Gasteiger partial charge in [-0.2, -0.15) is 5.10 Å². The Kier molecular flexibility index (Phi) is 4.78. The highest BCUT2D eigenvalue weighted by atomic mass is 32.2. The molecule has 1 aliphatic heterocycles. The Labute approximate surface area is 114 Å². The van der Waals surface area contributed by atoms with Gasteiger partial charge < -0.3 is 20.4 Å². The minimum Gasteiger partial charge on any atom is -0.394 e. The van der Waals surface area contributed by atoms with Gasteiger partial charge in [0.05, 0.1) is 6.61 Å². The van der Waals surface area contributed by atoms with Crippen LogP contribution in [0.5, 0.6) is 0 Å². The summed E-state index contributed by atoms with van der Waals surface area (Å²) in [7, 11) is 0. The molecule has 6 nitrogen and oxygen atoms in total. The van der Waals surface area contributed by atoms with Crippen LogP contribution < -0.4 is 5.43 Å². The summed E-state index contributed by atoms with van der Waals surface area (Å²) in [5, 5.41) is 41.8. The van der Waals surface area contributed by atoms with Crippen LogP contribution in [0.1, 0.15) is 5.56 Å². The zero-order valence-corrected chi connectivity index (χ0v) is 10.9. The Morgan fingerprint density at radius 1 is 1.21 bits per heavy atom. The second kappa shape index (κ2) is 6.36. The number of aliphatic hydroxyl groups is 4. The molecule has 19 heavy (non-hydrogen) atoms. The fourth-order valence-electron chi connectivity index (χ4n) is 1.67. The molecule has 1 aliphatic rings. The number of nitrogens with one attached hydrogen (secondary N) is 1. The molecule has 1 aromatic rings. The number of nitrogens with zero attached hydrogens (tertiary/aromatic N) is 1. The molecule has 1 heterocycles. The molecule has 4 atom stereocenters. The van der Waals surface area contributed by atoms with Gasteiger partial charge >= 0.3 is 0 Å². The number of hydrogen-bond donors (Lipinski definition) is 5. The highest BCUT2D eigenvalue weighted by Crippen LogP contribution is 2.26. The monoisotopic (exact) mass is 284 g/mol. The molecular formula is C12H16N2O4S. The Balaban J connectivity index is 1.97. The summed E-state index contributed by atoms with van der Waals surface area (Å²) in [6, 6.07) is 9.44. The lowest BCUT2D eigenvalue weighted by Crippen LogP contribution is -2.47. The van der Waals surface area contributed by atoms with Crippen molar-refractivity contribution < 1.29 is 20.4 Å². The number of hydrogen-bond acceptors (Lipinski definition) is 7. The van der Waals surface area contributed by atoms with Crippen LogP contribution in [-0.2, 0) is 0 Å². The smallest absolute Gasteiger partial charge is 0.125 e. The first-order valence-electron chi connectivity index (χ1n) is 5.84. The average molecular weight is 284 g/mol. The summed E-state index contributed by atoms with van der Waals surface area (Å²) in [4.78, 5) is 0. The number of aliphatic hydroxyl groups excluding tert-OH is 4. The predicted octanol–water partition coefficient (Wildman–Crippen LogP) is -0.914. The lowest BCUT2D eigenvalue weighted by atomic mass is 10.1. The molecule has 0 aliphatic carbocycles. The lowest BCUT2D eigenvalue weighted by molar-refractivity contribution is -0.0779. The van der Waals surface area contributed by atoms with Crippen LogP contribution in [0.4, 0.5) is 0 Å². The molecule has 0 saturated heterocycles. The Morgan fingerprint density at radius 2 is 1.89 bits per heavy atom. The molecule has 104 valence electrons. The van der Waals surface area contributed by atoms with E-state index in [1.54, 1.807) is 0 Å². The van der Waals surface area contributed by atoms with E-state index in [2.05, 4.69) is 10.5 Å². The highest BCUT2D eigenvalue weighted by molar-refractivity contribution is 8.15. The first-order valence-corrected chi connectivity index (χ1v) is 6.72. The van der Waals surface area contributed by atoms with Crippen molar-refractivity contribution in [3.8, 4) is 0 Å². The predicted molar refractivity (Wildman–Crippen MR) is 72.6 cm³/mol. The molecule has 0 radical (unpaired) electrons. The fraction of sp³-hybridized carbons (Fsp3) is 0.417. The van der Waals surface area contributed by atoms with Crippen molar-refractivity contribution in [1.29, 1.82) is 0 Å². The van der Waals surface area contributed by atoms with Crippen molar-refractivity contribution in [3.05, 3.63) is 35.9 Å². The van der Waals surface area contributed by atoms with Gasteiger partial charge in [0.25, 0.3) is 0 Å². The molecule has 1 aromatic carbocycles. The van der Waals surface area contributed by atoms with Crippen LogP contribution in [0.15, 0.2) is 35.4 Å². The van der Waals surface area contributed by atoms with E-state index < -0.39 is 30.3 Å². The third-order valence-electron chi connectivity index (χ3n) is 2.79. The third kappa shape index (κ3) is 3.26. The summed E-state index contributed by atoms with van der Waals surface area (Å²) in [5.41, 5.74) is 3.62. The molecule has 0 saturated carbocycles. The molecule has 0 bridgehead atoms. The van der Waals surface area contributed by atoms with Gasteiger partial charge in [-0.3, -0.25) is 5.43 Å². The summed E-state index contributed by atoms with van der Waals surface area (Å²) < 4.78 is 0. The van der Waals surface area contributed by atoms with Crippen LogP contribution >= 0.6 is 11.8 Å². The van der Waals surface area contributed by atoms with Crippen LogP contribution in [0, 0.1) is 0 Å². The van der Waals surface area contributed by atoms with Crippen LogP contribution in [0.3, 0.4) is 0 Å². The van der Waals surface area contributed by atoms with E-state index in [0.717, 1.165) is 5.56 Å². The maximum Gasteiger partial charge on any atom is 0.125 e. The molecule has 2 rings (SSSR count). The van der Waals surface area contributed by atoms with Gasteiger partial charge in [0.1, 0.15) is 28.7 Å². The summed E-state index contributed by atoms with van der Waals surface area (Å²) in [5.74, 6) is 0. The van der Waals surface area contributed by atoms with Gasteiger partial charge in [0, 0.05) is 5.56 Å². The van der Waals surface area contributed by atoms with Crippen molar-refractivity contribution in [2.75, 3.05) is 6.61 Å². The Hall–Kier alpha value is -1.12. The van der Waals surface area contributed by atoms with Gasteiger partial charge in [-0.15, -0.1) is 0 Å². The van der Waals surface area contributed by atoms with E-state index in [0.29, 0.717) is 5.04 Å². The zero-order valence-electron chi connectivity index (χ0n) is 10.0. The Bertz CT molecular complexity index is 443. The van der Waals surface area contributed by atoms with E-state index in [1.807, 2.05) is 30.3 Å². The topological polar surface area (TPSA) is 105 Å². The zero-order chi connectivity index (χ0) is 13.8. The SMILES string of the molecule is OC[C@@H](O)[C@@H](O)[C@H](O)[C@H]1NN=C(c2ccccc2)S1. The number of thioether (sulfide) groups is 1. The van der Waals surface area contributed by atoms with E-state index in [-0.39, 0.29) is 0 Å². The Morgan fingerprint density at radius 3 is 2.53 bits per heavy atom. The van der Waals surface area contributed by atoms with Crippen molar-refractivity contribution in [1.82, 2.24) is 5.43 Å². The highest BCUT2D eigenvalue weighted by Gasteiger charge is 2.35. The average Bonchev–Trinajstić information content (AvgIpc) is 2.95. The molecule has 0 amide bonds. The standard InChI is InChI=1S/C12H16N2O4S/c15-6-8(16)9(17)10(18)12-14-13-11(19-12)7-4-2-1-3-5-7/h1-5,8-10,12,14-18H,6H2/t8-,9-,10+,12+/m1/s1. The van der Waals surface area contributed by atoms with E-state index in [1.165, 1.54) is 11.8 Å². The molecule has 7 heteroatoms. The van der Waals surface area contributed by atoms with Gasteiger partial charge in [-0.25, -0.2) is 0 Å². The van der Waals surface area contributed by atoms with Crippen LogP contribution in [0.2, 0.25) is 0 Å². The third-order valence-corrected chi connectivity index (χ3v) is 3.98. The lowest BCUT2D eigenvalue weighted by Gasteiger charge is -2.25. The van der Waals surface area contributed by atoms with Crippen LogP contribution in [-0.4, -0.2) is 55.8 Å². The quantitative estimate of drug-likeness (QED) is 0.479. The minimum atomic E-state index is -1.43. The molecule has 0 fully saturated rings. The second-order valence-corrected chi connectivity index (χ2v) is 5.31. The van der Waals surface area contributed by atoms with Crippen molar-refractivity contribution >= 4 is 16.8 Å². The molecule has 0 spiro atoms. The normalized spacial score (nSPS) is 23.4. The first-order chi connectivity index (χ1) is 9.13. The number of benzene rings is 1. The van der Waals surface area contributed by atoms with E-state index in [4.69, 9.17) is 5.11 Å². The van der Waals surface area contributed by atoms with Crippen molar-refractivity contribution in [3.63, 3.8) is 0 Å². The van der Waals surface area contributed by atoms with Crippen molar-refractivity contribution in [2.45, 2.75) is 23.7 Å². The molecule has 0 aromatic heterocycles. The summed E-state index contributed by atoms with van der Waals surface area (Å²) >= 11 is 1.26. The van der Waals surface area contributed by atoms with Gasteiger partial charge in [0.15, 0.2) is 0 Å². The number of rotatable bonds is 5. The maximum absolute atomic E-state index is 9.91.